The van der Waals surface area contributed by atoms with E-state index in [9.17, 15) is 19.5 Å². The molecule has 156 valence electrons. The molecule has 0 aromatic carbocycles. The van der Waals surface area contributed by atoms with Crippen molar-refractivity contribution in [2.45, 2.75) is 58.5 Å². The lowest BCUT2D eigenvalue weighted by Gasteiger charge is -2.27. The molecule has 0 aliphatic heterocycles. The summed E-state index contributed by atoms with van der Waals surface area (Å²) >= 11 is 1.43. The molecule has 2 bridgehead atoms. The minimum absolute atomic E-state index is 0.0910. The highest BCUT2D eigenvalue weighted by Crippen LogP contribution is 2.48. The lowest BCUT2D eigenvalue weighted by Crippen LogP contribution is -2.42. The second-order valence-corrected chi connectivity index (χ2v) is 9.64. The standard InChI is InChI=1S/C22H27NO5S/c1-11(2)28-22(27)18-14-6-4-3-5-7-15(14)29-20(18)23-19(24)16-12-8-9-13(10-12)17(16)21(25)26/h8-9,11-13,16-17H,3-7,10H2,1-2H3,(H,23,24)(H,25,26)/p-1/t12-,13-,16-,17-/m0/s1. The Bertz CT molecular complexity index is 871. The number of aliphatic carboxylic acids is 1. The van der Waals surface area contributed by atoms with Crippen LogP contribution in [0.15, 0.2) is 12.2 Å². The Morgan fingerprint density at radius 3 is 2.48 bits per heavy atom. The second-order valence-electron chi connectivity index (χ2n) is 8.53. The van der Waals surface area contributed by atoms with Gasteiger partial charge in [-0.05, 0) is 63.4 Å². The topological polar surface area (TPSA) is 95.5 Å². The van der Waals surface area contributed by atoms with E-state index in [1.807, 2.05) is 12.2 Å². The molecule has 1 amide bonds. The van der Waals surface area contributed by atoms with Gasteiger partial charge in [0.2, 0.25) is 5.91 Å². The molecule has 4 atom stereocenters. The smallest absolute Gasteiger partial charge is 0.341 e. The zero-order valence-corrected chi connectivity index (χ0v) is 17.6. The van der Waals surface area contributed by atoms with Crippen LogP contribution in [0.4, 0.5) is 5.00 Å². The monoisotopic (exact) mass is 416 g/mol. The fourth-order valence-electron chi connectivity index (χ4n) is 5.02. The molecule has 1 heterocycles. The molecule has 3 aliphatic rings. The number of allylic oxidation sites excluding steroid dienone is 2. The van der Waals surface area contributed by atoms with E-state index in [-0.39, 0.29) is 23.8 Å². The minimum atomic E-state index is -1.18. The number of hydrogen-bond donors (Lipinski definition) is 1. The van der Waals surface area contributed by atoms with E-state index in [2.05, 4.69) is 5.32 Å². The van der Waals surface area contributed by atoms with Gasteiger partial charge in [0, 0.05) is 16.8 Å². The molecule has 7 heteroatoms. The van der Waals surface area contributed by atoms with E-state index in [1.54, 1.807) is 13.8 Å². The number of esters is 1. The van der Waals surface area contributed by atoms with Gasteiger partial charge < -0.3 is 20.0 Å². The SMILES string of the molecule is CC(C)OC(=O)c1c(NC(=O)[C@@H]2[C@@H](C(=O)[O-])[C@H]3C=C[C@H]2C3)sc2c1CCCCC2. The molecule has 29 heavy (non-hydrogen) atoms. The van der Waals surface area contributed by atoms with Crippen molar-refractivity contribution in [3.63, 3.8) is 0 Å². The maximum absolute atomic E-state index is 13.1. The van der Waals surface area contributed by atoms with Gasteiger partial charge >= 0.3 is 5.97 Å². The van der Waals surface area contributed by atoms with Crippen LogP contribution in [0.1, 0.15) is 60.3 Å². The van der Waals surface area contributed by atoms with E-state index in [0.29, 0.717) is 17.0 Å². The number of carbonyl (C=O) groups is 3. The van der Waals surface area contributed by atoms with Crippen molar-refractivity contribution in [2.75, 3.05) is 5.32 Å². The minimum Gasteiger partial charge on any atom is -0.550 e. The van der Waals surface area contributed by atoms with Crippen LogP contribution in [-0.4, -0.2) is 23.9 Å². The third kappa shape index (κ3) is 3.72. The Kier molecular flexibility index (Phi) is 5.51. The van der Waals surface area contributed by atoms with Crippen molar-refractivity contribution in [1.82, 2.24) is 0 Å². The van der Waals surface area contributed by atoms with Gasteiger partial charge in [-0.3, -0.25) is 4.79 Å². The fraction of sp³-hybridized carbons (Fsp3) is 0.591. The number of ether oxygens (including phenoxy) is 1. The molecular weight excluding hydrogens is 390 g/mol. The molecule has 0 spiro atoms. The van der Waals surface area contributed by atoms with Crippen LogP contribution in [-0.2, 0) is 27.2 Å². The molecule has 1 N–H and O–H groups in total. The number of anilines is 1. The Morgan fingerprint density at radius 1 is 1.10 bits per heavy atom. The van der Waals surface area contributed by atoms with Gasteiger partial charge in [0.05, 0.1) is 17.6 Å². The summed E-state index contributed by atoms with van der Waals surface area (Å²) in [6, 6.07) is 0. The predicted octanol–water partition coefficient (Wildman–Crippen LogP) is 2.71. The normalized spacial score (nSPS) is 27.6. The highest BCUT2D eigenvalue weighted by atomic mass is 32.1. The third-order valence-electron chi connectivity index (χ3n) is 6.24. The molecule has 0 radical (unpaired) electrons. The molecule has 1 aromatic heterocycles. The van der Waals surface area contributed by atoms with Crippen LogP contribution >= 0.6 is 11.3 Å². The zero-order valence-electron chi connectivity index (χ0n) is 16.7. The average molecular weight is 417 g/mol. The second kappa shape index (κ2) is 7.94. The summed E-state index contributed by atoms with van der Waals surface area (Å²) in [5.41, 5.74) is 1.44. The molecular formula is C22H26NO5S-. The quantitative estimate of drug-likeness (QED) is 0.452. The van der Waals surface area contributed by atoms with Crippen LogP contribution in [0.3, 0.4) is 0 Å². The van der Waals surface area contributed by atoms with E-state index in [4.69, 9.17) is 4.74 Å². The van der Waals surface area contributed by atoms with Gasteiger partial charge in [0.15, 0.2) is 0 Å². The zero-order chi connectivity index (χ0) is 20.7. The number of rotatable bonds is 5. The van der Waals surface area contributed by atoms with Crippen LogP contribution in [0.5, 0.6) is 0 Å². The lowest BCUT2D eigenvalue weighted by atomic mass is 9.82. The Labute approximate surface area is 174 Å². The molecule has 0 saturated heterocycles. The molecule has 3 aliphatic carbocycles. The van der Waals surface area contributed by atoms with Crippen molar-refractivity contribution < 1.29 is 24.2 Å². The average Bonchev–Trinajstić information content (AvgIpc) is 3.30. The number of hydrogen-bond acceptors (Lipinski definition) is 6. The lowest BCUT2D eigenvalue weighted by molar-refractivity contribution is -0.313. The molecule has 4 rings (SSSR count). The van der Waals surface area contributed by atoms with Crippen molar-refractivity contribution in [3.05, 3.63) is 28.2 Å². The van der Waals surface area contributed by atoms with Crippen LogP contribution in [0.2, 0.25) is 0 Å². The van der Waals surface area contributed by atoms with E-state index < -0.39 is 23.8 Å². The summed E-state index contributed by atoms with van der Waals surface area (Å²) in [4.78, 5) is 38.7. The Hall–Kier alpha value is -2.15. The maximum atomic E-state index is 13.1. The predicted molar refractivity (Wildman–Crippen MR) is 107 cm³/mol. The van der Waals surface area contributed by atoms with Crippen molar-refractivity contribution in [1.29, 1.82) is 0 Å². The highest BCUT2D eigenvalue weighted by Gasteiger charge is 2.49. The number of carboxylic acids is 1. The van der Waals surface area contributed by atoms with Crippen molar-refractivity contribution in [2.24, 2.45) is 23.7 Å². The first-order chi connectivity index (χ1) is 13.9. The van der Waals surface area contributed by atoms with E-state index in [0.717, 1.165) is 42.5 Å². The number of carboxylic acid groups (broad SMARTS) is 1. The van der Waals surface area contributed by atoms with Gasteiger partial charge in [-0.25, -0.2) is 4.79 Å². The number of thiophene rings is 1. The molecule has 6 nitrogen and oxygen atoms in total. The van der Waals surface area contributed by atoms with Gasteiger partial charge in [-0.2, -0.15) is 0 Å². The summed E-state index contributed by atoms with van der Waals surface area (Å²) in [5.74, 6) is -3.65. The fourth-order valence-corrected chi connectivity index (χ4v) is 6.30. The molecule has 0 unspecified atom stereocenters. The number of aryl methyl sites for hydroxylation is 1. The van der Waals surface area contributed by atoms with Gasteiger partial charge in [-0.15, -0.1) is 11.3 Å². The van der Waals surface area contributed by atoms with Gasteiger partial charge in [0.25, 0.3) is 0 Å². The summed E-state index contributed by atoms with van der Waals surface area (Å²) < 4.78 is 5.46. The Balaban J connectivity index is 1.64. The molecule has 1 saturated carbocycles. The largest absolute Gasteiger partial charge is 0.550 e. The van der Waals surface area contributed by atoms with Crippen molar-refractivity contribution >= 4 is 34.2 Å². The van der Waals surface area contributed by atoms with Crippen molar-refractivity contribution in [3.8, 4) is 0 Å². The highest BCUT2D eigenvalue weighted by molar-refractivity contribution is 7.17. The number of nitrogens with one attached hydrogen (secondary N) is 1. The van der Waals surface area contributed by atoms with Crippen LogP contribution in [0, 0.1) is 23.7 Å². The van der Waals surface area contributed by atoms with Gasteiger partial charge in [-0.1, -0.05) is 18.6 Å². The molecule has 1 aromatic rings. The Morgan fingerprint density at radius 2 is 1.79 bits per heavy atom. The number of amides is 1. The van der Waals surface area contributed by atoms with Crippen LogP contribution < -0.4 is 10.4 Å². The van der Waals surface area contributed by atoms with Gasteiger partial charge in [0.1, 0.15) is 5.00 Å². The van der Waals surface area contributed by atoms with E-state index >= 15 is 0 Å². The first-order valence-corrected chi connectivity index (χ1v) is 11.2. The molecule has 1 fully saturated rings. The number of fused-ring (bicyclic) bond motifs is 3. The summed E-state index contributed by atoms with van der Waals surface area (Å²) in [5, 5.41) is 15.1. The van der Waals surface area contributed by atoms with Crippen LogP contribution in [0.25, 0.3) is 0 Å². The summed E-state index contributed by atoms with van der Waals surface area (Å²) in [6.45, 7) is 3.60. The number of carbonyl (C=O) groups excluding carboxylic acids is 3. The summed E-state index contributed by atoms with van der Waals surface area (Å²) in [6.07, 6.45) is 9.09. The third-order valence-corrected chi connectivity index (χ3v) is 7.45. The van der Waals surface area contributed by atoms with E-state index in [1.165, 1.54) is 11.3 Å². The first kappa shape index (κ1) is 20.1. The maximum Gasteiger partial charge on any atom is 0.341 e. The first-order valence-electron chi connectivity index (χ1n) is 10.4. The summed E-state index contributed by atoms with van der Waals surface area (Å²) in [7, 11) is 0.